The number of hydrogen-bond acceptors (Lipinski definition) is 4. The van der Waals surface area contributed by atoms with Crippen molar-refractivity contribution >= 4 is 34.5 Å². The van der Waals surface area contributed by atoms with E-state index in [1.807, 2.05) is 0 Å². The first-order chi connectivity index (χ1) is 8.48. The van der Waals surface area contributed by atoms with Crippen LogP contribution in [0.4, 0.5) is 0 Å². The fraction of sp³-hybridized carbons (Fsp3) is 0.417. The van der Waals surface area contributed by atoms with Gasteiger partial charge in [-0.25, -0.2) is 0 Å². The van der Waals surface area contributed by atoms with E-state index in [2.05, 4.69) is 33.9 Å². The van der Waals surface area contributed by atoms with E-state index < -0.39 is 5.54 Å². The average molecular weight is 334 g/mol. The quantitative estimate of drug-likeness (QED) is 0.619. The zero-order valence-corrected chi connectivity index (χ0v) is 12.5. The second-order valence-electron chi connectivity index (χ2n) is 4.07. The summed E-state index contributed by atoms with van der Waals surface area (Å²) in [6, 6.07) is 5.08. The maximum absolute atomic E-state index is 12.1. The SMILES string of the molecule is CCC(CO)(CO)NC(=O)c1ccc(Br)cc1S. The molecular formula is C12H16BrNO3S. The molecule has 0 radical (unpaired) electrons. The van der Waals surface area contributed by atoms with E-state index in [9.17, 15) is 15.0 Å². The van der Waals surface area contributed by atoms with Crippen LogP contribution in [0.3, 0.4) is 0 Å². The lowest BCUT2D eigenvalue weighted by Crippen LogP contribution is -2.53. The van der Waals surface area contributed by atoms with Crippen LogP contribution in [0.15, 0.2) is 27.6 Å². The summed E-state index contributed by atoms with van der Waals surface area (Å²) in [5, 5.41) is 21.2. The predicted molar refractivity (Wildman–Crippen MR) is 76.1 cm³/mol. The van der Waals surface area contributed by atoms with Crippen molar-refractivity contribution in [2.24, 2.45) is 0 Å². The molecule has 0 unspecified atom stereocenters. The normalized spacial score (nSPS) is 11.4. The Morgan fingerprint density at radius 2 is 2.06 bits per heavy atom. The van der Waals surface area contributed by atoms with E-state index in [4.69, 9.17) is 0 Å². The van der Waals surface area contributed by atoms with Gasteiger partial charge in [0.25, 0.3) is 5.91 Å². The fourth-order valence-electron chi connectivity index (χ4n) is 1.45. The molecule has 0 saturated carbocycles. The summed E-state index contributed by atoms with van der Waals surface area (Å²) in [6.07, 6.45) is 0.435. The molecule has 0 saturated heterocycles. The molecule has 0 bridgehead atoms. The number of halogens is 1. The van der Waals surface area contributed by atoms with Gasteiger partial charge in [0.2, 0.25) is 0 Å². The van der Waals surface area contributed by atoms with Crippen LogP contribution in [0.25, 0.3) is 0 Å². The molecule has 0 aliphatic heterocycles. The van der Waals surface area contributed by atoms with Crippen LogP contribution >= 0.6 is 28.6 Å². The summed E-state index contributed by atoms with van der Waals surface area (Å²) in [7, 11) is 0. The molecule has 100 valence electrons. The van der Waals surface area contributed by atoms with Crippen molar-refractivity contribution in [3.8, 4) is 0 Å². The summed E-state index contributed by atoms with van der Waals surface area (Å²) >= 11 is 7.52. The number of aliphatic hydroxyl groups is 2. The Labute approximate surface area is 120 Å². The molecule has 0 aliphatic rings. The summed E-state index contributed by atoms with van der Waals surface area (Å²) in [4.78, 5) is 12.6. The van der Waals surface area contributed by atoms with Gasteiger partial charge in [0.05, 0.1) is 24.3 Å². The first-order valence-corrected chi connectivity index (χ1v) is 6.75. The molecule has 3 N–H and O–H groups in total. The first-order valence-electron chi connectivity index (χ1n) is 5.50. The van der Waals surface area contributed by atoms with Crippen molar-refractivity contribution in [3.05, 3.63) is 28.2 Å². The monoisotopic (exact) mass is 333 g/mol. The second kappa shape index (κ2) is 6.56. The highest BCUT2D eigenvalue weighted by Gasteiger charge is 2.29. The second-order valence-corrected chi connectivity index (χ2v) is 5.46. The number of aliphatic hydroxyl groups excluding tert-OH is 2. The van der Waals surface area contributed by atoms with Gasteiger partial charge in [-0.2, -0.15) is 0 Å². The Morgan fingerprint density at radius 1 is 1.44 bits per heavy atom. The molecule has 1 aromatic carbocycles. The van der Waals surface area contributed by atoms with Gasteiger partial charge in [0, 0.05) is 9.37 Å². The van der Waals surface area contributed by atoms with Gasteiger partial charge in [-0.3, -0.25) is 4.79 Å². The molecule has 0 spiro atoms. The number of nitrogens with one attached hydrogen (secondary N) is 1. The molecule has 18 heavy (non-hydrogen) atoms. The van der Waals surface area contributed by atoms with Crippen LogP contribution in [0.5, 0.6) is 0 Å². The molecule has 0 aromatic heterocycles. The Bertz CT molecular complexity index is 427. The van der Waals surface area contributed by atoms with E-state index >= 15 is 0 Å². The minimum absolute atomic E-state index is 0.315. The molecule has 1 amide bonds. The van der Waals surface area contributed by atoms with Gasteiger partial charge in [0.1, 0.15) is 0 Å². The smallest absolute Gasteiger partial charge is 0.252 e. The van der Waals surface area contributed by atoms with Crippen molar-refractivity contribution in [2.75, 3.05) is 13.2 Å². The predicted octanol–water partition coefficient (Wildman–Crippen LogP) is 1.60. The summed E-state index contributed by atoms with van der Waals surface area (Å²) in [5.74, 6) is -0.363. The van der Waals surface area contributed by atoms with Gasteiger partial charge in [-0.1, -0.05) is 22.9 Å². The molecule has 1 aromatic rings. The molecule has 0 atom stereocenters. The van der Waals surface area contributed by atoms with Crippen molar-refractivity contribution in [3.63, 3.8) is 0 Å². The lowest BCUT2D eigenvalue weighted by Gasteiger charge is -2.29. The Kier molecular flexibility index (Phi) is 5.65. The van der Waals surface area contributed by atoms with Crippen molar-refractivity contribution < 1.29 is 15.0 Å². The minimum atomic E-state index is -0.996. The van der Waals surface area contributed by atoms with Crippen LogP contribution in [-0.2, 0) is 0 Å². The van der Waals surface area contributed by atoms with E-state index in [1.165, 1.54) is 0 Å². The highest BCUT2D eigenvalue weighted by molar-refractivity contribution is 9.10. The number of hydrogen-bond donors (Lipinski definition) is 4. The summed E-state index contributed by atoms with van der Waals surface area (Å²) < 4.78 is 0.829. The third-order valence-electron chi connectivity index (χ3n) is 2.87. The highest BCUT2D eigenvalue weighted by atomic mass is 79.9. The lowest BCUT2D eigenvalue weighted by molar-refractivity contribution is 0.0650. The van der Waals surface area contributed by atoms with E-state index in [0.717, 1.165) is 4.47 Å². The van der Waals surface area contributed by atoms with Gasteiger partial charge in [0.15, 0.2) is 0 Å². The molecule has 0 aliphatic carbocycles. The van der Waals surface area contributed by atoms with Crippen molar-refractivity contribution in [2.45, 2.75) is 23.8 Å². The molecule has 0 fully saturated rings. The zero-order chi connectivity index (χ0) is 13.8. The van der Waals surface area contributed by atoms with E-state index in [0.29, 0.717) is 16.9 Å². The molecule has 4 nitrogen and oxygen atoms in total. The Balaban J connectivity index is 2.94. The first kappa shape index (κ1) is 15.5. The van der Waals surface area contributed by atoms with Crippen LogP contribution in [0.2, 0.25) is 0 Å². The Hall–Kier alpha value is -0.560. The van der Waals surface area contributed by atoms with Gasteiger partial charge >= 0.3 is 0 Å². The lowest BCUT2D eigenvalue weighted by atomic mass is 9.98. The van der Waals surface area contributed by atoms with Gasteiger partial charge in [-0.15, -0.1) is 12.6 Å². The van der Waals surface area contributed by atoms with Gasteiger partial charge in [-0.05, 0) is 24.6 Å². The number of benzene rings is 1. The van der Waals surface area contributed by atoms with E-state index in [-0.39, 0.29) is 19.1 Å². The van der Waals surface area contributed by atoms with Crippen LogP contribution < -0.4 is 5.32 Å². The highest BCUT2D eigenvalue weighted by Crippen LogP contribution is 2.21. The average Bonchev–Trinajstić information content (AvgIpc) is 2.36. The summed E-state index contributed by atoms with van der Waals surface area (Å²) in [6.45, 7) is 1.16. The largest absolute Gasteiger partial charge is 0.394 e. The molecule has 6 heteroatoms. The van der Waals surface area contributed by atoms with Gasteiger partial charge < -0.3 is 15.5 Å². The minimum Gasteiger partial charge on any atom is -0.394 e. The molecule has 0 heterocycles. The summed E-state index contributed by atoms with van der Waals surface area (Å²) in [5.41, 5.74) is -0.592. The third-order valence-corrected chi connectivity index (χ3v) is 3.73. The van der Waals surface area contributed by atoms with Crippen LogP contribution in [0.1, 0.15) is 23.7 Å². The van der Waals surface area contributed by atoms with Crippen LogP contribution in [0, 0.1) is 0 Å². The molecule has 1 rings (SSSR count). The van der Waals surface area contributed by atoms with Crippen LogP contribution in [-0.4, -0.2) is 34.9 Å². The third kappa shape index (κ3) is 3.47. The van der Waals surface area contributed by atoms with Crippen molar-refractivity contribution in [1.82, 2.24) is 5.32 Å². The topological polar surface area (TPSA) is 69.6 Å². The van der Waals surface area contributed by atoms with E-state index in [1.54, 1.807) is 25.1 Å². The number of rotatable bonds is 5. The zero-order valence-electron chi connectivity index (χ0n) is 9.98. The number of thiol groups is 1. The Morgan fingerprint density at radius 3 is 2.50 bits per heavy atom. The van der Waals surface area contributed by atoms with Crippen molar-refractivity contribution in [1.29, 1.82) is 0 Å². The number of carbonyl (C=O) groups is 1. The maximum atomic E-state index is 12.1. The number of carbonyl (C=O) groups excluding carboxylic acids is 1. The maximum Gasteiger partial charge on any atom is 0.252 e. The standard InChI is InChI=1S/C12H16BrNO3S/c1-2-12(6-15,7-16)14-11(17)9-4-3-8(13)5-10(9)18/h3-5,15-16,18H,2,6-7H2,1H3,(H,14,17). The molecular weight excluding hydrogens is 318 g/mol. The number of amides is 1. The fourth-order valence-corrected chi connectivity index (χ4v) is 2.30.